The van der Waals surface area contributed by atoms with E-state index in [-0.39, 0.29) is 18.6 Å². The van der Waals surface area contributed by atoms with Crippen molar-refractivity contribution in [3.05, 3.63) is 12.2 Å². The van der Waals surface area contributed by atoms with E-state index in [1.807, 2.05) is 0 Å². The van der Waals surface area contributed by atoms with Crippen molar-refractivity contribution >= 4 is 12.1 Å². The Balaban J connectivity index is 2.04. The Bertz CT molecular complexity index is 328. The highest BCUT2D eigenvalue weighted by Crippen LogP contribution is 2.15. The van der Waals surface area contributed by atoms with Crippen LogP contribution in [0.3, 0.4) is 0 Å². The average molecular weight is 283 g/mol. The number of aliphatic carboxylic acids is 1. The van der Waals surface area contributed by atoms with Crippen LogP contribution in [-0.4, -0.2) is 29.8 Å². The second-order valence-corrected chi connectivity index (χ2v) is 5.14. The number of carboxylic acid groups (broad SMARTS) is 1. The first-order valence-electron chi connectivity index (χ1n) is 7.50. The van der Waals surface area contributed by atoms with Crippen LogP contribution in [0.15, 0.2) is 12.2 Å². The number of hydrogen-bond donors (Lipinski definition) is 2. The van der Waals surface area contributed by atoms with Crippen LogP contribution in [0.25, 0.3) is 0 Å². The highest BCUT2D eigenvalue weighted by molar-refractivity contribution is 5.67. The largest absolute Gasteiger partial charge is 0.481 e. The van der Waals surface area contributed by atoms with Crippen LogP contribution in [0.1, 0.15) is 57.8 Å². The fourth-order valence-corrected chi connectivity index (χ4v) is 2.20. The lowest BCUT2D eigenvalue weighted by Gasteiger charge is -2.18. The number of alkyl carbamates (subject to hydrolysis) is 1. The Hall–Kier alpha value is -1.52. The van der Waals surface area contributed by atoms with E-state index in [1.54, 1.807) is 0 Å². The molecule has 0 aromatic rings. The third-order valence-corrected chi connectivity index (χ3v) is 3.33. The van der Waals surface area contributed by atoms with Gasteiger partial charge in [-0.1, -0.05) is 18.6 Å². The van der Waals surface area contributed by atoms with Crippen molar-refractivity contribution in [2.75, 3.05) is 6.54 Å². The van der Waals surface area contributed by atoms with Crippen LogP contribution in [0.4, 0.5) is 4.79 Å². The van der Waals surface area contributed by atoms with E-state index in [0.29, 0.717) is 13.0 Å². The predicted octanol–water partition coefficient (Wildman–Crippen LogP) is 3.25. The van der Waals surface area contributed by atoms with Gasteiger partial charge in [-0.2, -0.15) is 0 Å². The van der Waals surface area contributed by atoms with Gasteiger partial charge in [0.1, 0.15) is 6.10 Å². The van der Waals surface area contributed by atoms with Crippen molar-refractivity contribution < 1.29 is 19.4 Å². The number of allylic oxidation sites excluding steroid dienone is 2. The number of rotatable bonds is 7. The molecule has 0 spiro atoms. The zero-order valence-corrected chi connectivity index (χ0v) is 12.0. The van der Waals surface area contributed by atoms with Crippen LogP contribution in [0.2, 0.25) is 0 Å². The zero-order valence-electron chi connectivity index (χ0n) is 12.0. The molecule has 0 saturated heterocycles. The molecule has 0 saturated carbocycles. The maximum Gasteiger partial charge on any atom is 0.407 e. The summed E-state index contributed by atoms with van der Waals surface area (Å²) in [5, 5.41) is 11.2. The molecule has 1 unspecified atom stereocenters. The number of carbonyl (C=O) groups excluding carboxylic acids is 1. The highest BCUT2D eigenvalue weighted by atomic mass is 16.6. The fraction of sp³-hybridized carbons (Fsp3) is 0.733. The van der Waals surface area contributed by atoms with Crippen molar-refractivity contribution in [2.45, 2.75) is 63.9 Å². The molecule has 0 aromatic carbocycles. The van der Waals surface area contributed by atoms with Crippen LogP contribution in [0, 0.1) is 0 Å². The number of unbranched alkanes of at least 4 members (excludes halogenated alkanes) is 2. The van der Waals surface area contributed by atoms with Gasteiger partial charge in [-0.05, 0) is 44.9 Å². The van der Waals surface area contributed by atoms with Gasteiger partial charge in [-0.25, -0.2) is 4.79 Å². The van der Waals surface area contributed by atoms with Gasteiger partial charge in [-0.3, -0.25) is 4.79 Å². The summed E-state index contributed by atoms with van der Waals surface area (Å²) in [7, 11) is 0. The van der Waals surface area contributed by atoms with Crippen LogP contribution in [-0.2, 0) is 9.53 Å². The molecular weight excluding hydrogens is 258 g/mol. The first-order valence-corrected chi connectivity index (χ1v) is 7.50. The van der Waals surface area contributed by atoms with Crippen LogP contribution >= 0.6 is 0 Å². The van der Waals surface area contributed by atoms with Crippen molar-refractivity contribution in [1.82, 2.24) is 5.32 Å². The smallest absolute Gasteiger partial charge is 0.407 e. The molecule has 1 aliphatic rings. The average Bonchev–Trinajstić information content (AvgIpc) is 2.36. The van der Waals surface area contributed by atoms with Gasteiger partial charge in [0, 0.05) is 13.0 Å². The topological polar surface area (TPSA) is 75.6 Å². The highest BCUT2D eigenvalue weighted by Gasteiger charge is 2.14. The summed E-state index contributed by atoms with van der Waals surface area (Å²) in [6, 6.07) is 0. The lowest BCUT2D eigenvalue weighted by molar-refractivity contribution is -0.137. The molecule has 1 rings (SSSR count). The van der Waals surface area contributed by atoms with E-state index in [0.717, 1.165) is 44.9 Å². The van der Waals surface area contributed by atoms with Gasteiger partial charge in [0.15, 0.2) is 0 Å². The lowest BCUT2D eigenvalue weighted by Crippen LogP contribution is -2.30. The monoisotopic (exact) mass is 283 g/mol. The third-order valence-electron chi connectivity index (χ3n) is 3.33. The van der Waals surface area contributed by atoms with E-state index in [4.69, 9.17) is 9.84 Å². The summed E-state index contributed by atoms with van der Waals surface area (Å²) < 4.78 is 5.39. The third kappa shape index (κ3) is 8.56. The minimum atomic E-state index is -0.768. The maximum absolute atomic E-state index is 11.6. The Morgan fingerprint density at radius 2 is 1.95 bits per heavy atom. The molecule has 5 heteroatoms. The molecule has 114 valence electrons. The molecule has 20 heavy (non-hydrogen) atoms. The molecule has 0 heterocycles. The van der Waals surface area contributed by atoms with Crippen molar-refractivity contribution in [2.24, 2.45) is 0 Å². The number of carboxylic acids is 1. The van der Waals surface area contributed by atoms with E-state index in [1.165, 1.54) is 0 Å². The minimum Gasteiger partial charge on any atom is -0.481 e. The first kappa shape index (κ1) is 16.5. The molecule has 0 aromatic heterocycles. The van der Waals surface area contributed by atoms with Gasteiger partial charge < -0.3 is 15.2 Å². The van der Waals surface area contributed by atoms with E-state index >= 15 is 0 Å². The molecule has 0 radical (unpaired) electrons. The molecule has 0 bridgehead atoms. The predicted molar refractivity (Wildman–Crippen MR) is 76.6 cm³/mol. The number of nitrogens with one attached hydrogen (secondary N) is 1. The quantitative estimate of drug-likeness (QED) is 0.555. The number of hydrogen-bond acceptors (Lipinski definition) is 3. The SMILES string of the molecule is O=C(O)CCCCCNC(=O)OC1CC/C=C/CCC1. The van der Waals surface area contributed by atoms with Gasteiger partial charge in [0.05, 0.1) is 0 Å². The molecule has 2 N–H and O–H groups in total. The summed E-state index contributed by atoms with van der Waals surface area (Å²) in [5.74, 6) is -0.768. The minimum absolute atomic E-state index is 0.0203. The second kappa shape index (κ2) is 10.3. The van der Waals surface area contributed by atoms with Gasteiger partial charge in [0.25, 0.3) is 0 Å². The van der Waals surface area contributed by atoms with Crippen LogP contribution < -0.4 is 5.32 Å². The molecule has 5 nitrogen and oxygen atoms in total. The van der Waals surface area contributed by atoms with Crippen LogP contribution in [0.5, 0.6) is 0 Å². The maximum atomic E-state index is 11.6. The first-order chi connectivity index (χ1) is 9.68. The Morgan fingerprint density at radius 3 is 2.75 bits per heavy atom. The fourth-order valence-electron chi connectivity index (χ4n) is 2.20. The Kier molecular flexibility index (Phi) is 8.51. The zero-order chi connectivity index (χ0) is 14.6. The molecule has 1 atom stereocenters. The van der Waals surface area contributed by atoms with Crippen molar-refractivity contribution in [3.8, 4) is 0 Å². The molecule has 0 aliphatic heterocycles. The summed E-state index contributed by atoms with van der Waals surface area (Å²) in [4.78, 5) is 21.9. The molecular formula is C15H25NO4. The van der Waals surface area contributed by atoms with Crippen molar-refractivity contribution in [3.63, 3.8) is 0 Å². The summed E-state index contributed by atoms with van der Waals surface area (Å²) in [6.45, 7) is 0.547. The van der Waals surface area contributed by atoms with Crippen molar-refractivity contribution in [1.29, 1.82) is 0 Å². The number of amides is 1. The standard InChI is InChI=1S/C15H25NO4/c17-14(18)11-7-4-8-12-16-15(19)20-13-9-5-2-1-3-6-10-13/h1-2,13H,3-12H2,(H,16,19)(H,17,18)/b2-1+. The van der Waals surface area contributed by atoms with E-state index in [2.05, 4.69) is 17.5 Å². The summed E-state index contributed by atoms with van der Waals surface area (Å²) >= 11 is 0. The molecule has 1 amide bonds. The van der Waals surface area contributed by atoms with E-state index < -0.39 is 5.97 Å². The van der Waals surface area contributed by atoms with Gasteiger partial charge in [-0.15, -0.1) is 0 Å². The summed E-state index contributed by atoms with van der Waals surface area (Å²) in [5.41, 5.74) is 0. The van der Waals surface area contributed by atoms with Gasteiger partial charge >= 0.3 is 12.1 Å². The summed E-state index contributed by atoms with van der Waals surface area (Å²) in [6.07, 6.45) is 11.4. The van der Waals surface area contributed by atoms with E-state index in [9.17, 15) is 9.59 Å². The lowest BCUT2D eigenvalue weighted by atomic mass is 10.0. The number of carbonyl (C=O) groups is 2. The molecule has 0 fully saturated rings. The second-order valence-electron chi connectivity index (χ2n) is 5.14. The van der Waals surface area contributed by atoms with Gasteiger partial charge in [0.2, 0.25) is 0 Å². The molecule has 1 aliphatic carbocycles. The normalized spacial score (nSPS) is 20.5. The Labute approximate surface area is 120 Å². The Morgan fingerprint density at radius 1 is 1.15 bits per heavy atom. The number of ether oxygens (including phenoxy) is 1.